The van der Waals surface area contributed by atoms with Crippen LogP contribution in [-0.4, -0.2) is 4.57 Å². The monoisotopic (exact) mass is 585 g/mol. The molecular formula is C45H31N. The minimum absolute atomic E-state index is 0.960. The van der Waals surface area contributed by atoms with E-state index in [0.29, 0.717) is 0 Å². The molecular weight excluding hydrogens is 555 g/mol. The van der Waals surface area contributed by atoms with Crippen LogP contribution in [0.2, 0.25) is 0 Å². The summed E-state index contributed by atoms with van der Waals surface area (Å²) in [6.45, 7) is 2.19. The Labute approximate surface area is 269 Å². The summed E-state index contributed by atoms with van der Waals surface area (Å²) in [6, 6.07) is 54.2. The zero-order valence-corrected chi connectivity index (χ0v) is 25.6. The Morgan fingerprint density at radius 3 is 1.54 bits per heavy atom. The van der Waals surface area contributed by atoms with E-state index in [1.165, 1.54) is 60.1 Å². The van der Waals surface area contributed by atoms with Gasteiger partial charge in [-0.1, -0.05) is 145 Å². The average Bonchev–Trinajstić information content (AvgIpc) is 3.45. The molecule has 0 amide bonds. The van der Waals surface area contributed by atoms with Crippen molar-refractivity contribution in [2.24, 2.45) is 0 Å². The van der Waals surface area contributed by atoms with E-state index in [1.54, 1.807) is 0 Å². The highest BCUT2D eigenvalue weighted by atomic mass is 15.0. The number of fused-ring (bicyclic) bond motifs is 5. The summed E-state index contributed by atoms with van der Waals surface area (Å²) in [7, 11) is 0. The van der Waals surface area contributed by atoms with Crippen LogP contribution in [0.5, 0.6) is 0 Å². The Hall–Kier alpha value is -6.10. The molecule has 0 fully saturated rings. The number of nitrogens with zero attached hydrogens (tertiary/aromatic N) is 1. The maximum Gasteiger partial charge on any atom is 0.0548 e. The Kier molecular flexibility index (Phi) is 6.82. The van der Waals surface area contributed by atoms with Crippen LogP contribution in [0.1, 0.15) is 12.5 Å². The number of hydrogen-bond donors (Lipinski definition) is 0. The number of benzene rings is 7. The Bertz CT molecular complexity index is 2420. The molecule has 46 heavy (non-hydrogen) atoms. The highest BCUT2D eigenvalue weighted by Gasteiger charge is 2.19. The van der Waals surface area contributed by atoms with Crippen LogP contribution < -0.4 is 0 Å². The van der Waals surface area contributed by atoms with E-state index in [0.717, 1.165) is 22.3 Å². The Morgan fingerprint density at radius 1 is 0.522 bits per heavy atom. The molecule has 0 aliphatic carbocycles. The smallest absolute Gasteiger partial charge is 0.0548 e. The van der Waals surface area contributed by atoms with Crippen molar-refractivity contribution in [2.75, 3.05) is 0 Å². The quantitative estimate of drug-likeness (QED) is 0.108. The van der Waals surface area contributed by atoms with Crippen LogP contribution in [0.25, 0.3) is 76.9 Å². The van der Waals surface area contributed by atoms with Crippen molar-refractivity contribution in [3.8, 4) is 34.6 Å². The summed E-state index contributed by atoms with van der Waals surface area (Å²) in [5.74, 6) is 2.83. The fourth-order valence-corrected chi connectivity index (χ4v) is 7.14. The Morgan fingerprint density at radius 2 is 0.978 bits per heavy atom. The van der Waals surface area contributed by atoms with Gasteiger partial charge in [-0.05, 0) is 80.1 Å². The second-order valence-corrected chi connectivity index (χ2v) is 11.7. The van der Waals surface area contributed by atoms with Crippen molar-refractivity contribution in [3.63, 3.8) is 0 Å². The van der Waals surface area contributed by atoms with Gasteiger partial charge in [0.05, 0.1) is 16.7 Å². The zero-order valence-electron chi connectivity index (χ0n) is 25.6. The third-order valence-corrected chi connectivity index (χ3v) is 9.05. The number of allylic oxidation sites excluding steroid dienone is 4. The van der Waals surface area contributed by atoms with Gasteiger partial charge in [0.1, 0.15) is 0 Å². The van der Waals surface area contributed by atoms with Gasteiger partial charge in [-0.2, -0.15) is 0 Å². The highest BCUT2D eigenvalue weighted by molar-refractivity contribution is 6.22. The van der Waals surface area contributed by atoms with Crippen LogP contribution in [0, 0.1) is 12.3 Å². The summed E-state index contributed by atoms with van der Waals surface area (Å²) in [5.41, 5.74) is 10.5. The molecule has 0 N–H and O–H groups in total. The second kappa shape index (κ2) is 11.4. The van der Waals surface area contributed by atoms with Crippen LogP contribution >= 0.6 is 0 Å². The van der Waals surface area contributed by atoms with E-state index >= 15 is 0 Å². The van der Waals surface area contributed by atoms with Gasteiger partial charge in [-0.3, -0.25) is 0 Å². The maximum absolute atomic E-state index is 5.98. The summed E-state index contributed by atoms with van der Waals surface area (Å²) in [4.78, 5) is 0. The SMILES string of the molecule is C#C/C=C(\C=C(/C)c1ccccc1-c1c2ccccc2c(-c2ccccc2)c2ccccc12)n1c2ccccc2c2ccccc21. The molecule has 0 saturated carbocycles. The van der Waals surface area contributed by atoms with E-state index in [4.69, 9.17) is 6.42 Å². The molecule has 1 aromatic heterocycles. The van der Waals surface area contributed by atoms with Gasteiger partial charge in [0.25, 0.3) is 0 Å². The zero-order chi connectivity index (χ0) is 31.0. The summed E-state index contributed by atoms with van der Waals surface area (Å²) in [5, 5.41) is 7.39. The molecule has 0 unspecified atom stereocenters. The summed E-state index contributed by atoms with van der Waals surface area (Å²) >= 11 is 0. The van der Waals surface area contributed by atoms with Gasteiger partial charge in [0.2, 0.25) is 0 Å². The molecule has 216 valence electrons. The maximum atomic E-state index is 5.98. The molecule has 8 aromatic rings. The number of para-hydroxylation sites is 2. The van der Waals surface area contributed by atoms with Crippen molar-refractivity contribution in [2.45, 2.75) is 6.92 Å². The largest absolute Gasteiger partial charge is 0.309 e. The lowest BCUT2D eigenvalue weighted by Crippen LogP contribution is -1.97. The molecule has 8 rings (SSSR count). The third kappa shape index (κ3) is 4.43. The van der Waals surface area contributed by atoms with Gasteiger partial charge in [0, 0.05) is 16.8 Å². The molecule has 0 atom stereocenters. The topological polar surface area (TPSA) is 4.93 Å². The average molecular weight is 586 g/mol. The van der Waals surface area contributed by atoms with Crippen LogP contribution in [0.15, 0.2) is 164 Å². The van der Waals surface area contributed by atoms with Crippen molar-refractivity contribution < 1.29 is 0 Å². The fourth-order valence-electron chi connectivity index (χ4n) is 7.14. The first-order valence-corrected chi connectivity index (χ1v) is 15.7. The van der Waals surface area contributed by atoms with Crippen LogP contribution in [0.3, 0.4) is 0 Å². The first kappa shape index (κ1) is 27.4. The molecule has 1 heterocycles. The van der Waals surface area contributed by atoms with Crippen molar-refractivity contribution in [3.05, 3.63) is 169 Å². The van der Waals surface area contributed by atoms with E-state index in [2.05, 4.69) is 175 Å². The van der Waals surface area contributed by atoms with Gasteiger partial charge in [-0.15, -0.1) is 6.42 Å². The van der Waals surface area contributed by atoms with E-state index in [1.807, 2.05) is 6.08 Å². The highest BCUT2D eigenvalue weighted by Crippen LogP contribution is 2.45. The molecule has 0 spiro atoms. The molecule has 0 bridgehead atoms. The molecule has 0 aliphatic heterocycles. The van der Waals surface area contributed by atoms with Gasteiger partial charge in [0.15, 0.2) is 0 Å². The minimum atomic E-state index is 0.960. The number of aromatic nitrogens is 1. The molecule has 7 aromatic carbocycles. The summed E-state index contributed by atoms with van der Waals surface area (Å²) in [6.07, 6.45) is 10.1. The third-order valence-electron chi connectivity index (χ3n) is 9.05. The summed E-state index contributed by atoms with van der Waals surface area (Å²) < 4.78 is 2.29. The second-order valence-electron chi connectivity index (χ2n) is 11.7. The first-order valence-electron chi connectivity index (χ1n) is 15.7. The van der Waals surface area contributed by atoms with Gasteiger partial charge >= 0.3 is 0 Å². The van der Waals surface area contributed by atoms with Gasteiger partial charge < -0.3 is 4.57 Å². The molecule has 1 nitrogen and oxygen atoms in total. The Balaban J connectivity index is 1.38. The predicted molar refractivity (Wildman–Crippen MR) is 199 cm³/mol. The van der Waals surface area contributed by atoms with Gasteiger partial charge in [-0.25, -0.2) is 0 Å². The molecule has 0 aliphatic rings. The standard InChI is InChI=1S/C45H31N/c1-3-17-33(46-42-28-15-13-21-35(42)36-22-14-16-29-43(36)46)30-31(2)34-20-7-8-23-37(34)45-40-26-11-9-24-38(40)44(32-18-5-4-6-19-32)39-25-10-12-27-41(39)45/h1,4-30H,2H3/b31-30+,33-17+. The van der Waals surface area contributed by atoms with Crippen molar-refractivity contribution in [1.82, 2.24) is 4.57 Å². The first-order chi connectivity index (χ1) is 22.7. The fraction of sp³-hybridized carbons (Fsp3) is 0.0222. The molecule has 0 saturated heterocycles. The molecule has 0 radical (unpaired) electrons. The van der Waals surface area contributed by atoms with Crippen molar-refractivity contribution in [1.29, 1.82) is 0 Å². The van der Waals surface area contributed by atoms with Crippen LogP contribution in [0.4, 0.5) is 0 Å². The van der Waals surface area contributed by atoms with Crippen molar-refractivity contribution >= 4 is 54.6 Å². The lowest BCUT2D eigenvalue weighted by Gasteiger charge is -2.20. The number of rotatable bonds is 5. The molecule has 1 heteroatoms. The number of terminal acetylenes is 1. The lowest BCUT2D eigenvalue weighted by molar-refractivity contribution is 1.24. The van der Waals surface area contributed by atoms with E-state index in [-0.39, 0.29) is 0 Å². The number of hydrogen-bond acceptors (Lipinski definition) is 0. The predicted octanol–water partition coefficient (Wildman–Crippen LogP) is 12.0. The minimum Gasteiger partial charge on any atom is -0.309 e. The van der Waals surface area contributed by atoms with Crippen LogP contribution in [-0.2, 0) is 0 Å². The normalized spacial score (nSPS) is 12.3. The van der Waals surface area contributed by atoms with E-state index in [9.17, 15) is 0 Å². The lowest BCUT2D eigenvalue weighted by atomic mass is 9.84. The van der Waals surface area contributed by atoms with E-state index < -0.39 is 0 Å².